The molecule has 0 radical (unpaired) electrons. The van der Waals surface area contributed by atoms with Crippen LogP contribution < -0.4 is 4.90 Å². The van der Waals surface area contributed by atoms with Crippen LogP contribution in [0.4, 0.5) is 5.69 Å². The molecule has 1 saturated heterocycles. The average molecular weight is 588 g/mol. The van der Waals surface area contributed by atoms with E-state index < -0.39 is 0 Å². The molecule has 2 fully saturated rings. The molecule has 0 atom stereocenters. The molecule has 2 aromatic carbocycles. The lowest BCUT2D eigenvalue weighted by Gasteiger charge is -2.34. The van der Waals surface area contributed by atoms with Gasteiger partial charge in [0.25, 0.3) is 0 Å². The van der Waals surface area contributed by atoms with Gasteiger partial charge in [0.1, 0.15) is 0 Å². The number of fused-ring (bicyclic) bond motifs is 1. The molecule has 2 aromatic rings. The SMILES string of the molecule is CN(C)c1ccc(SN2CCCN(CCC3CC3)CCCN(SN3CCc4cc(Cl)ccc4C3)CCC2)cc1. The number of anilines is 1. The van der Waals surface area contributed by atoms with Gasteiger partial charge in [-0.3, -0.25) is 0 Å². The quantitative estimate of drug-likeness (QED) is 0.307. The van der Waals surface area contributed by atoms with Crippen molar-refractivity contribution in [3.05, 3.63) is 58.6 Å². The van der Waals surface area contributed by atoms with Crippen LogP contribution in [0.25, 0.3) is 0 Å². The Hall–Kier alpha value is -0.930. The molecule has 5 rings (SSSR count). The largest absolute Gasteiger partial charge is 0.378 e. The van der Waals surface area contributed by atoms with Gasteiger partial charge in [-0.05, 0) is 117 Å². The molecule has 5 nitrogen and oxygen atoms in total. The van der Waals surface area contributed by atoms with Gasteiger partial charge in [0.2, 0.25) is 0 Å². The van der Waals surface area contributed by atoms with Gasteiger partial charge in [-0.1, -0.05) is 30.5 Å². The molecular formula is C31H46ClN5S2. The zero-order valence-corrected chi connectivity index (χ0v) is 26.3. The molecule has 3 aliphatic rings. The van der Waals surface area contributed by atoms with E-state index in [0.717, 1.165) is 56.6 Å². The number of rotatable bonds is 8. The summed E-state index contributed by atoms with van der Waals surface area (Å²) >= 11 is 10.2. The van der Waals surface area contributed by atoms with Gasteiger partial charge in [-0.25, -0.2) is 12.9 Å². The zero-order valence-electron chi connectivity index (χ0n) is 23.9. The number of nitrogens with zero attached hydrogens (tertiary/aromatic N) is 5. The van der Waals surface area contributed by atoms with Crippen LogP contribution in [0.5, 0.6) is 0 Å². The summed E-state index contributed by atoms with van der Waals surface area (Å²) in [7, 11) is 4.21. The highest BCUT2D eigenvalue weighted by atomic mass is 35.5. The summed E-state index contributed by atoms with van der Waals surface area (Å²) < 4.78 is 7.83. The van der Waals surface area contributed by atoms with E-state index in [2.05, 4.69) is 73.2 Å². The Bertz CT molecular complexity index is 1030. The number of benzene rings is 2. The third kappa shape index (κ3) is 9.56. The standard InChI is InChI=1S/C31H46ClN5S2/c1-33(2)30-10-12-31(13-11-30)38-35-18-3-16-34(22-14-26-6-7-26)17-4-20-36(21-5-19-35)39-37-23-15-27-24-29(32)9-8-28(27)25-37/h8-13,24,26H,3-7,14-23,25H2,1-2H3. The van der Waals surface area contributed by atoms with E-state index in [1.165, 1.54) is 79.9 Å². The topological polar surface area (TPSA) is 16.2 Å². The monoisotopic (exact) mass is 587 g/mol. The summed E-state index contributed by atoms with van der Waals surface area (Å²) in [6, 6.07) is 15.5. The van der Waals surface area contributed by atoms with Gasteiger partial charge < -0.3 is 9.80 Å². The van der Waals surface area contributed by atoms with Gasteiger partial charge in [0, 0.05) is 81.1 Å². The highest BCUT2D eigenvalue weighted by Crippen LogP contribution is 2.33. The second kappa shape index (κ2) is 14.8. The van der Waals surface area contributed by atoms with Gasteiger partial charge in [-0.15, -0.1) is 0 Å². The molecule has 214 valence electrons. The fourth-order valence-electron chi connectivity index (χ4n) is 5.55. The Morgan fingerprint density at radius 3 is 2.18 bits per heavy atom. The molecule has 0 N–H and O–H groups in total. The van der Waals surface area contributed by atoms with E-state index in [4.69, 9.17) is 11.6 Å². The molecule has 0 amide bonds. The van der Waals surface area contributed by atoms with E-state index in [0.29, 0.717) is 0 Å². The van der Waals surface area contributed by atoms with Crippen molar-refractivity contribution in [3.63, 3.8) is 0 Å². The van der Waals surface area contributed by atoms with Crippen molar-refractivity contribution in [1.82, 2.24) is 17.8 Å². The maximum Gasteiger partial charge on any atom is 0.0408 e. The Labute approximate surface area is 250 Å². The molecule has 2 aliphatic heterocycles. The average Bonchev–Trinajstić information content (AvgIpc) is 3.75. The van der Waals surface area contributed by atoms with Gasteiger partial charge >= 0.3 is 0 Å². The smallest absolute Gasteiger partial charge is 0.0408 e. The lowest BCUT2D eigenvalue weighted by atomic mass is 10.0. The van der Waals surface area contributed by atoms with Gasteiger partial charge in [-0.2, -0.15) is 0 Å². The Morgan fingerprint density at radius 1 is 0.795 bits per heavy atom. The van der Waals surface area contributed by atoms with Crippen LogP contribution >= 0.6 is 35.7 Å². The highest BCUT2D eigenvalue weighted by Gasteiger charge is 2.23. The van der Waals surface area contributed by atoms with Crippen LogP contribution in [0.2, 0.25) is 5.02 Å². The Kier molecular flexibility index (Phi) is 11.2. The number of halogens is 1. The first-order chi connectivity index (χ1) is 19.0. The lowest BCUT2D eigenvalue weighted by molar-refractivity contribution is 0.236. The van der Waals surface area contributed by atoms with E-state index >= 15 is 0 Å². The predicted molar refractivity (Wildman–Crippen MR) is 171 cm³/mol. The molecule has 1 aliphatic carbocycles. The van der Waals surface area contributed by atoms with Crippen molar-refractivity contribution < 1.29 is 0 Å². The van der Waals surface area contributed by atoms with Crippen molar-refractivity contribution in [1.29, 1.82) is 0 Å². The van der Waals surface area contributed by atoms with Crippen molar-refractivity contribution >= 4 is 41.4 Å². The molecule has 39 heavy (non-hydrogen) atoms. The lowest BCUT2D eigenvalue weighted by Crippen LogP contribution is -2.35. The van der Waals surface area contributed by atoms with Crippen molar-refractivity contribution in [2.75, 3.05) is 71.4 Å². The first-order valence-corrected chi connectivity index (χ1v) is 16.8. The second-order valence-electron chi connectivity index (χ2n) is 11.6. The van der Waals surface area contributed by atoms with E-state index in [-0.39, 0.29) is 0 Å². The zero-order chi connectivity index (χ0) is 27.0. The van der Waals surface area contributed by atoms with E-state index in [9.17, 15) is 0 Å². The molecule has 0 spiro atoms. The van der Waals surface area contributed by atoms with Gasteiger partial charge in [0.05, 0.1) is 0 Å². The van der Waals surface area contributed by atoms with Crippen LogP contribution in [0.1, 0.15) is 49.7 Å². The molecule has 1 saturated carbocycles. The van der Waals surface area contributed by atoms with Crippen LogP contribution in [-0.2, 0) is 13.0 Å². The summed E-state index contributed by atoms with van der Waals surface area (Å²) in [5.74, 6) is 1.01. The molecule has 2 heterocycles. The molecule has 0 unspecified atom stereocenters. The Morgan fingerprint density at radius 2 is 1.49 bits per heavy atom. The minimum Gasteiger partial charge on any atom is -0.378 e. The van der Waals surface area contributed by atoms with Crippen LogP contribution in [0, 0.1) is 5.92 Å². The van der Waals surface area contributed by atoms with Gasteiger partial charge in [0.15, 0.2) is 0 Å². The van der Waals surface area contributed by atoms with Crippen molar-refractivity contribution in [3.8, 4) is 0 Å². The second-order valence-corrected chi connectivity index (χ2v) is 14.4. The van der Waals surface area contributed by atoms with Crippen LogP contribution in [0.3, 0.4) is 0 Å². The van der Waals surface area contributed by atoms with E-state index in [1.807, 2.05) is 30.1 Å². The van der Waals surface area contributed by atoms with Crippen molar-refractivity contribution in [2.24, 2.45) is 5.92 Å². The summed E-state index contributed by atoms with van der Waals surface area (Å²) in [6.07, 6.45) is 9.11. The minimum absolute atomic E-state index is 0.861. The third-order valence-corrected chi connectivity index (χ3v) is 10.6. The minimum atomic E-state index is 0.861. The van der Waals surface area contributed by atoms with Crippen LogP contribution in [-0.4, -0.2) is 84.3 Å². The number of hydrogen-bond donors (Lipinski definition) is 0. The highest BCUT2D eigenvalue weighted by molar-refractivity contribution is 7.97. The fraction of sp³-hybridized carbons (Fsp3) is 0.613. The maximum absolute atomic E-state index is 6.25. The van der Waals surface area contributed by atoms with E-state index in [1.54, 1.807) is 0 Å². The summed E-state index contributed by atoms with van der Waals surface area (Å²) in [5, 5.41) is 0.861. The predicted octanol–water partition coefficient (Wildman–Crippen LogP) is 6.92. The molecule has 8 heteroatoms. The molecule has 0 aromatic heterocycles. The fourth-order valence-corrected chi connectivity index (χ4v) is 7.86. The van der Waals surface area contributed by atoms with Crippen molar-refractivity contribution in [2.45, 2.75) is 56.4 Å². The summed E-state index contributed by atoms with van der Waals surface area (Å²) in [5.41, 5.74) is 4.11. The molecular weight excluding hydrogens is 542 g/mol. The first kappa shape index (κ1) is 29.6. The summed E-state index contributed by atoms with van der Waals surface area (Å²) in [4.78, 5) is 6.28. The number of hydrogen-bond acceptors (Lipinski definition) is 7. The Balaban J connectivity index is 1.20. The normalized spacial score (nSPS) is 21.2. The third-order valence-electron chi connectivity index (χ3n) is 8.09. The molecule has 0 bridgehead atoms. The summed E-state index contributed by atoms with van der Waals surface area (Å²) in [6.45, 7) is 10.4. The maximum atomic E-state index is 6.25. The first-order valence-electron chi connectivity index (χ1n) is 14.9. The van der Waals surface area contributed by atoms with Crippen LogP contribution in [0.15, 0.2) is 47.4 Å².